The van der Waals surface area contributed by atoms with Crippen LogP contribution in [0.3, 0.4) is 0 Å². The summed E-state index contributed by atoms with van der Waals surface area (Å²) in [4.78, 5) is 18.3. The van der Waals surface area contributed by atoms with Gasteiger partial charge in [0, 0.05) is 59.9 Å². The van der Waals surface area contributed by atoms with Gasteiger partial charge in [0.25, 0.3) is 0 Å². The summed E-state index contributed by atoms with van der Waals surface area (Å²) < 4.78 is 6.11. The first-order valence-corrected chi connectivity index (χ1v) is 20.3. The van der Waals surface area contributed by atoms with Crippen LogP contribution in [-0.4, -0.2) is 15.9 Å². The number of aliphatic hydroxyl groups excluding tert-OH is 1. The summed E-state index contributed by atoms with van der Waals surface area (Å²) in [7, 11) is 0. The number of hydrogen-bond acceptors (Lipinski definition) is 5. The normalized spacial score (nSPS) is 12.6. The number of furan rings is 1. The van der Waals surface area contributed by atoms with Crippen LogP contribution in [0.5, 0.6) is 0 Å². The summed E-state index contributed by atoms with van der Waals surface area (Å²) in [6, 6.07) is 27.6. The van der Waals surface area contributed by atoms with Crippen molar-refractivity contribution in [2.45, 2.75) is 114 Å². The fourth-order valence-electron chi connectivity index (χ4n) is 6.77. The van der Waals surface area contributed by atoms with Crippen LogP contribution in [0.15, 0.2) is 88.4 Å². The fraction of sp³-hybridized carbons (Fsp3) is 0.417. The van der Waals surface area contributed by atoms with E-state index in [0.717, 1.165) is 70.3 Å². The quantitative estimate of drug-likeness (QED) is 0.0799. The Hall–Kier alpha value is -3.57. The van der Waals surface area contributed by atoms with E-state index in [0.29, 0.717) is 5.92 Å². The Morgan fingerprint density at radius 3 is 2.17 bits per heavy atom. The van der Waals surface area contributed by atoms with E-state index in [4.69, 9.17) is 9.40 Å². The van der Waals surface area contributed by atoms with Gasteiger partial charge in [0.05, 0.1) is 0 Å². The summed E-state index contributed by atoms with van der Waals surface area (Å²) >= 11 is 1.69. The van der Waals surface area contributed by atoms with Crippen LogP contribution in [0, 0.1) is 22.8 Å². The van der Waals surface area contributed by atoms with Crippen LogP contribution in [0.1, 0.15) is 113 Å². The second-order valence-corrected chi connectivity index (χ2v) is 17.5. The molecule has 1 radical (unpaired) electrons. The second-order valence-electron chi connectivity index (χ2n) is 16.6. The molecule has 3 aromatic heterocycles. The first-order chi connectivity index (χ1) is 25.0. The number of aromatic nitrogens is 1. The van der Waals surface area contributed by atoms with E-state index in [1.807, 2.05) is 41.5 Å². The predicted molar refractivity (Wildman–Crippen MR) is 227 cm³/mol. The minimum Gasteiger partial charge on any atom is -0.512 e. The number of benzene rings is 3. The minimum atomic E-state index is -0.337. The van der Waals surface area contributed by atoms with Crippen molar-refractivity contribution >= 4 is 49.1 Å². The maximum absolute atomic E-state index is 12.2. The molecular formula is C48H58IrNO3S-. The number of pyridine rings is 1. The number of allylic oxidation sites excluding steroid dienone is 2. The summed E-state index contributed by atoms with van der Waals surface area (Å²) in [6.45, 7) is 23.3. The molecule has 6 aromatic rings. The third-order valence-corrected chi connectivity index (χ3v) is 12.2. The Morgan fingerprint density at radius 1 is 0.870 bits per heavy atom. The van der Waals surface area contributed by atoms with Gasteiger partial charge < -0.3 is 9.52 Å². The van der Waals surface area contributed by atoms with Gasteiger partial charge in [-0.05, 0) is 77.8 Å². The van der Waals surface area contributed by atoms with Gasteiger partial charge >= 0.3 is 0 Å². The molecule has 0 atom stereocenters. The maximum atomic E-state index is 12.2. The molecule has 6 heteroatoms. The third-order valence-electron chi connectivity index (χ3n) is 11.4. The van der Waals surface area contributed by atoms with Crippen molar-refractivity contribution in [2.75, 3.05) is 0 Å². The van der Waals surface area contributed by atoms with Crippen molar-refractivity contribution in [1.29, 1.82) is 0 Å². The van der Waals surface area contributed by atoms with Crippen LogP contribution < -0.4 is 0 Å². The largest absolute Gasteiger partial charge is 0.512 e. The molecule has 0 saturated heterocycles. The first-order valence-electron chi connectivity index (χ1n) is 19.4. The number of carbonyl (C=O) groups is 1. The van der Waals surface area contributed by atoms with E-state index in [2.05, 4.69) is 113 Å². The van der Waals surface area contributed by atoms with Gasteiger partial charge in [0.15, 0.2) is 5.78 Å². The van der Waals surface area contributed by atoms with E-state index in [1.165, 1.54) is 33.5 Å². The Balaban J connectivity index is 0.000000309. The number of fused-ring (bicyclic) bond motifs is 3. The molecule has 1 N–H and O–H groups in total. The van der Waals surface area contributed by atoms with Crippen molar-refractivity contribution in [3.63, 3.8) is 0 Å². The zero-order chi connectivity index (χ0) is 38.7. The number of carbonyl (C=O) groups excluding carboxylic acids is 1. The molecule has 6 rings (SSSR count). The maximum Gasteiger partial charge on any atom is 0.164 e. The number of aliphatic hydroxyl groups is 1. The number of rotatable bonds is 11. The van der Waals surface area contributed by atoms with Crippen LogP contribution in [-0.2, 0) is 36.7 Å². The second kappa shape index (κ2) is 17.5. The van der Waals surface area contributed by atoms with E-state index in [1.54, 1.807) is 11.3 Å². The third kappa shape index (κ3) is 9.27. The van der Waals surface area contributed by atoms with Crippen LogP contribution in [0.2, 0.25) is 0 Å². The Labute approximate surface area is 340 Å². The molecule has 0 amide bonds. The van der Waals surface area contributed by atoms with E-state index >= 15 is 0 Å². The molecule has 0 aliphatic heterocycles. The molecule has 3 aromatic carbocycles. The monoisotopic (exact) mass is 921 g/mol. The van der Waals surface area contributed by atoms with Crippen molar-refractivity contribution in [1.82, 2.24) is 4.98 Å². The van der Waals surface area contributed by atoms with Gasteiger partial charge in [-0.25, -0.2) is 0 Å². The number of thiophene rings is 1. The Kier molecular flexibility index (Phi) is 14.0. The number of nitrogens with zero attached hydrogens (tertiary/aromatic N) is 1. The molecule has 54 heavy (non-hydrogen) atoms. The van der Waals surface area contributed by atoms with Gasteiger partial charge in [-0.2, -0.15) is 0 Å². The van der Waals surface area contributed by atoms with Gasteiger partial charge in [0.1, 0.15) is 21.9 Å². The Morgan fingerprint density at radius 2 is 1.54 bits per heavy atom. The van der Waals surface area contributed by atoms with Gasteiger partial charge in [-0.1, -0.05) is 117 Å². The van der Waals surface area contributed by atoms with Crippen LogP contribution in [0.4, 0.5) is 0 Å². The average molecular weight is 921 g/mol. The number of ketones is 1. The molecular weight excluding hydrogens is 863 g/mol. The zero-order valence-corrected chi connectivity index (χ0v) is 37.3. The SMILES string of the molecule is CC(C)Cc1cc2cc(-c3cc(-c4[c-]c5ccccc5c(C(C)(C)C)c4)nc4sccc34)ccc2o1.CCC(C)(CC)C(=O)/C=C(\O)C(C)(CC)CC.[Ir]. The summed E-state index contributed by atoms with van der Waals surface area (Å²) in [5, 5.41) is 17.0. The van der Waals surface area contributed by atoms with Gasteiger partial charge in [-0.3, -0.25) is 9.78 Å². The zero-order valence-electron chi connectivity index (χ0n) is 34.1. The van der Waals surface area contributed by atoms with Gasteiger partial charge in [-0.15, -0.1) is 40.5 Å². The van der Waals surface area contributed by atoms with Crippen molar-refractivity contribution in [3.8, 4) is 22.4 Å². The van der Waals surface area contributed by atoms with E-state index in [9.17, 15) is 9.90 Å². The average Bonchev–Trinajstić information content (AvgIpc) is 3.79. The molecule has 3 heterocycles. The topological polar surface area (TPSA) is 63.3 Å². The van der Waals surface area contributed by atoms with Crippen molar-refractivity contribution in [3.05, 3.63) is 101 Å². The van der Waals surface area contributed by atoms with E-state index < -0.39 is 0 Å². The van der Waals surface area contributed by atoms with Gasteiger partial charge in [0.2, 0.25) is 0 Å². The molecule has 289 valence electrons. The molecule has 4 nitrogen and oxygen atoms in total. The molecule has 0 aliphatic carbocycles. The summed E-state index contributed by atoms with van der Waals surface area (Å²) in [6.07, 6.45) is 5.70. The minimum absolute atomic E-state index is 0. The smallest absolute Gasteiger partial charge is 0.164 e. The Bertz CT molecular complexity index is 2240. The molecule has 0 spiro atoms. The molecule has 0 saturated carbocycles. The van der Waals surface area contributed by atoms with Crippen molar-refractivity contribution < 1.29 is 34.4 Å². The fourth-order valence-corrected chi connectivity index (χ4v) is 7.56. The standard InChI is InChI=1S/C33H30NOS.C15H28O2.Ir/c1-20(2)14-25-17-24-16-22(10-11-31(24)35-25)28-19-30(34-32-27(28)12-13-36-32)23-15-21-8-6-7-9-26(21)29(18-23)33(3,4)5;1-7-14(5,8-2)12(16)11-13(17)15(6,9-3)10-4;/h6-13,16-20H,14H2,1-5H3;11,16H,7-10H2,1-6H3;/q-1;;/b;12-11-;. The molecule has 0 fully saturated rings. The summed E-state index contributed by atoms with van der Waals surface area (Å²) in [5.74, 6) is 1.90. The first kappa shape index (κ1) is 43.2. The van der Waals surface area contributed by atoms with Crippen LogP contribution >= 0.6 is 11.3 Å². The number of hydrogen-bond donors (Lipinski definition) is 1. The molecule has 0 bridgehead atoms. The van der Waals surface area contributed by atoms with Crippen LogP contribution in [0.25, 0.3) is 54.3 Å². The molecule has 0 unspecified atom stereocenters. The molecule has 0 aliphatic rings. The van der Waals surface area contributed by atoms with Crippen molar-refractivity contribution in [2.24, 2.45) is 16.7 Å². The summed E-state index contributed by atoms with van der Waals surface area (Å²) in [5.41, 5.74) is 6.06. The predicted octanol–water partition coefficient (Wildman–Crippen LogP) is 14.5. The van der Waals surface area contributed by atoms with E-state index in [-0.39, 0.29) is 47.9 Å².